The molecule has 0 bridgehead atoms. The van der Waals surface area contributed by atoms with Crippen LogP contribution in [-0.2, 0) is 9.47 Å². The molecule has 0 aromatic heterocycles. The first kappa shape index (κ1) is 40.9. The minimum absolute atomic E-state index is 0.583. The van der Waals surface area contributed by atoms with Crippen LogP contribution in [-0.4, -0.2) is 25.9 Å². The molecule has 1 unspecified atom stereocenters. The lowest BCUT2D eigenvalue weighted by molar-refractivity contribution is 0.125. The van der Waals surface area contributed by atoms with E-state index in [1.807, 2.05) is 0 Å². The zero-order valence-corrected chi connectivity index (χ0v) is 29.1. The summed E-state index contributed by atoms with van der Waals surface area (Å²) < 4.78 is 10.6. The molecule has 0 aromatic carbocycles. The van der Waals surface area contributed by atoms with Gasteiger partial charge in [-0.15, -0.1) is 0 Å². The van der Waals surface area contributed by atoms with Crippen molar-refractivity contribution in [3.63, 3.8) is 0 Å². The standard InChI is InChI=1S/C36H74O.C3H6O/c1-3-5-7-9-11-13-15-17-19-21-23-25-27-29-31-33-35-37-36-34-32-30-28-26-24-22-20-18-16-14-12-10-8-6-4-2;1-3-2-4-3/h3-36H2,1-2H3;3H,2H2,1H3. The molecule has 0 amide bonds. The molecule has 248 valence electrons. The smallest absolute Gasteiger partial charge is 0.0781 e. The van der Waals surface area contributed by atoms with E-state index in [4.69, 9.17) is 9.47 Å². The van der Waals surface area contributed by atoms with Gasteiger partial charge in [-0.3, -0.25) is 0 Å². The summed E-state index contributed by atoms with van der Waals surface area (Å²) in [5.41, 5.74) is 0. The molecule has 1 rings (SSSR count). The highest BCUT2D eigenvalue weighted by Crippen LogP contribution is 2.15. The van der Waals surface area contributed by atoms with Gasteiger partial charge in [-0.2, -0.15) is 0 Å². The second kappa shape index (κ2) is 37.9. The third-order valence-corrected chi connectivity index (χ3v) is 8.78. The van der Waals surface area contributed by atoms with Crippen LogP contribution >= 0.6 is 0 Å². The third-order valence-electron chi connectivity index (χ3n) is 8.78. The molecule has 1 aliphatic heterocycles. The normalized spacial score (nSPS) is 14.3. The Balaban J connectivity index is 0.00000364. The van der Waals surface area contributed by atoms with Gasteiger partial charge in [-0.05, 0) is 19.8 Å². The van der Waals surface area contributed by atoms with E-state index in [1.54, 1.807) is 0 Å². The fourth-order valence-electron chi connectivity index (χ4n) is 5.70. The Bertz CT molecular complexity index is 399. The third kappa shape index (κ3) is 42.1. The van der Waals surface area contributed by atoms with Crippen molar-refractivity contribution in [1.82, 2.24) is 0 Å². The quantitative estimate of drug-likeness (QED) is 0.0557. The van der Waals surface area contributed by atoms with Crippen molar-refractivity contribution >= 4 is 0 Å². The minimum Gasteiger partial charge on any atom is -0.381 e. The molecule has 0 N–H and O–H groups in total. The maximum atomic E-state index is 5.87. The van der Waals surface area contributed by atoms with Gasteiger partial charge in [0.2, 0.25) is 0 Å². The van der Waals surface area contributed by atoms with Crippen molar-refractivity contribution in [2.75, 3.05) is 19.8 Å². The summed E-state index contributed by atoms with van der Waals surface area (Å²) in [5, 5.41) is 0. The van der Waals surface area contributed by atoms with Crippen LogP contribution in [0.25, 0.3) is 0 Å². The van der Waals surface area contributed by atoms with Gasteiger partial charge in [0.05, 0.1) is 12.7 Å². The molecule has 0 aliphatic carbocycles. The van der Waals surface area contributed by atoms with Crippen LogP contribution in [0.2, 0.25) is 0 Å². The average molecular weight is 581 g/mol. The van der Waals surface area contributed by atoms with E-state index in [1.165, 1.54) is 205 Å². The number of epoxide rings is 1. The molecule has 0 radical (unpaired) electrons. The van der Waals surface area contributed by atoms with E-state index in [9.17, 15) is 0 Å². The van der Waals surface area contributed by atoms with Crippen LogP contribution in [0, 0.1) is 0 Å². The molecule has 0 saturated carbocycles. The Morgan fingerprint density at radius 2 is 0.537 bits per heavy atom. The first-order chi connectivity index (χ1) is 20.3. The maximum Gasteiger partial charge on any atom is 0.0781 e. The first-order valence-electron chi connectivity index (χ1n) is 19.5. The van der Waals surface area contributed by atoms with Crippen molar-refractivity contribution < 1.29 is 9.47 Å². The SMILES string of the molecule is CC1CO1.CCCCCCCCCCCCCCCCCCOCCCCCCCCCCCCCCCCCC. The van der Waals surface area contributed by atoms with Crippen molar-refractivity contribution in [1.29, 1.82) is 0 Å². The Morgan fingerprint density at radius 3 is 0.707 bits per heavy atom. The summed E-state index contributed by atoms with van der Waals surface area (Å²) in [6.45, 7) is 9.64. The zero-order valence-electron chi connectivity index (χ0n) is 29.1. The Hall–Kier alpha value is -0.0800. The summed E-state index contributed by atoms with van der Waals surface area (Å²) in [6.07, 6.45) is 46.6. The number of rotatable bonds is 34. The lowest BCUT2D eigenvalue weighted by Crippen LogP contribution is -1.97. The maximum absolute atomic E-state index is 5.87. The van der Waals surface area contributed by atoms with Gasteiger partial charge in [0, 0.05) is 13.2 Å². The Kier molecular flexibility index (Phi) is 37.9. The fourth-order valence-corrected chi connectivity index (χ4v) is 5.70. The second-order valence-electron chi connectivity index (χ2n) is 13.4. The average Bonchev–Trinajstić information content (AvgIpc) is 3.77. The van der Waals surface area contributed by atoms with Gasteiger partial charge >= 0.3 is 0 Å². The van der Waals surface area contributed by atoms with Crippen molar-refractivity contribution in [2.24, 2.45) is 0 Å². The van der Waals surface area contributed by atoms with Crippen LogP contribution in [0.1, 0.15) is 226 Å². The number of unbranched alkanes of at least 4 members (excludes halogenated alkanes) is 30. The zero-order chi connectivity index (χ0) is 29.7. The molecule has 0 aromatic rings. The molecule has 41 heavy (non-hydrogen) atoms. The Morgan fingerprint density at radius 1 is 0.366 bits per heavy atom. The summed E-state index contributed by atoms with van der Waals surface area (Å²) in [7, 11) is 0. The van der Waals surface area contributed by atoms with Crippen molar-refractivity contribution in [3.8, 4) is 0 Å². The van der Waals surface area contributed by atoms with Gasteiger partial charge < -0.3 is 9.47 Å². The monoisotopic (exact) mass is 581 g/mol. The number of hydrogen-bond acceptors (Lipinski definition) is 2. The Labute approximate surface area is 261 Å². The lowest BCUT2D eigenvalue weighted by atomic mass is 10.0. The molecule has 1 saturated heterocycles. The van der Waals surface area contributed by atoms with Crippen LogP contribution in [0.15, 0.2) is 0 Å². The van der Waals surface area contributed by atoms with E-state index in [2.05, 4.69) is 20.8 Å². The van der Waals surface area contributed by atoms with Crippen LogP contribution in [0.4, 0.5) is 0 Å². The molecule has 1 aliphatic rings. The van der Waals surface area contributed by atoms with E-state index in [0.717, 1.165) is 19.8 Å². The first-order valence-corrected chi connectivity index (χ1v) is 19.5. The van der Waals surface area contributed by atoms with Crippen molar-refractivity contribution in [3.05, 3.63) is 0 Å². The molecular formula is C39H80O2. The summed E-state index contributed by atoms with van der Waals surface area (Å²) in [6, 6.07) is 0. The highest BCUT2D eigenvalue weighted by atomic mass is 16.6. The predicted octanol–water partition coefficient (Wildman–Crippen LogP) is 13.9. The molecule has 2 nitrogen and oxygen atoms in total. The number of hydrogen-bond donors (Lipinski definition) is 0. The summed E-state index contributed by atoms with van der Waals surface area (Å²) in [5.74, 6) is 0. The molecular weight excluding hydrogens is 500 g/mol. The largest absolute Gasteiger partial charge is 0.381 e. The van der Waals surface area contributed by atoms with E-state index >= 15 is 0 Å². The molecule has 1 fully saturated rings. The van der Waals surface area contributed by atoms with Crippen molar-refractivity contribution in [2.45, 2.75) is 232 Å². The highest BCUT2D eigenvalue weighted by molar-refractivity contribution is 4.58. The van der Waals surface area contributed by atoms with Crippen LogP contribution < -0.4 is 0 Å². The van der Waals surface area contributed by atoms with E-state index < -0.39 is 0 Å². The van der Waals surface area contributed by atoms with Gasteiger partial charge in [0.25, 0.3) is 0 Å². The number of ether oxygens (including phenoxy) is 2. The second-order valence-corrected chi connectivity index (χ2v) is 13.4. The van der Waals surface area contributed by atoms with Crippen LogP contribution in [0.5, 0.6) is 0 Å². The molecule has 2 heteroatoms. The topological polar surface area (TPSA) is 21.8 Å². The predicted molar refractivity (Wildman–Crippen MR) is 185 cm³/mol. The summed E-state index contributed by atoms with van der Waals surface area (Å²) >= 11 is 0. The highest BCUT2D eigenvalue weighted by Gasteiger charge is 2.13. The van der Waals surface area contributed by atoms with E-state index in [0.29, 0.717) is 6.10 Å². The molecule has 1 heterocycles. The van der Waals surface area contributed by atoms with Gasteiger partial charge in [0.1, 0.15) is 0 Å². The molecule has 0 spiro atoms. The minimum atomic E-state index is 0.583. The fraction of sp³-hybridized carbons (Fsp3) is 1.00. The van der Waals surface area contributed by atoms with E-state index in [-0.39, 0.29) is 0 Å². The van der Waals surface area contributed by atoms with Gasteiger partial charge in [-0.1, -0.05) is 206 Å². The van der Waals surface area contributed by atoms with Gasteiger partial charge in [-0.25, -0.2) is 0 Å². The molecule has 1 atom stereocenters. The van der Waals surface area contributed by atoms with Gasteiger partial charge in [0.15, 0.2) is 0 Å². The van der Waals surface area contributed by atoms with Crippen LogP contribution in [0.3, 0.4) is 0 Å². The lowest BCUT2D eigenvalue weighted by Gasteiger charge is -2.06. The summed E-state index contributed by atoms with van der Waals surface area (Å²) in [4.78, 5) is 0.